The number of anilines is 2. The van der Waals surface area contributed by atoms with Crippen molar-refractivity contribution in [2.75, 3.05) is 36.5 Å². The third-order valence-corrected chi connectivity index (χ3v) is 7.33. The van der Waals surface area contributed by atoms with E-state index in [1.165, 1.54) is 5.56 Å². The molecule has 6 nitrogen and oxygen atoms in total. The summed E-state index contributed by atoms with van der Waals surface area (Å²) in [5.74, 6) is 3.19. The lowest BCUT2D eigenvalue weighted by molar-refractivity contribution is 0.303. The highest BCUT2D eigenvalue weighted by Gasteiger charge is 2.15. The van der Waals surface area contributed by atoms with Crippen LogP contribution in [0.2, 0.25) is 0 Å². The lowest BCUT2D eigenvalue weighted by atomic mass is 10.1. The van der Waals surface area contributed by atoms with Crippen molar-refractivity contribution >= 4 is 33.2 Å². The fourth-order valence-electron chi connectivity index (χ4n) is 4.06. The van der Waals surface area contributed by atoms with Gasteiger partial charge in [-0.25, -0.2) is 9.97 Å². The smallest absolute Gasteiger partial charge is 0.141 e. The van der Waals surface area contributed by atoms with Gasteiger partial charge in [0, 0.05) is 53.0 Å². The van der Waals surface area contributed by atoms with Crippen molar-refractivity contribution in [2.45, 2.75) is 13.0 Å². The van der Waals surface area contributed by atoms with E-state index < -0.39 is 10.8 Å². The van der Waals surface area contributed by atoms with Crippen molar-refractivity contribution in [3.8, 4) is 5.75 Å². The Labute approximate surface area is 202 Å². The minimum absolute atomic E-state index is 0.544. The Hall–Kier alpha value is -3.29. The zero-order valence-corrected chi connectivity index (χ0v) is 19.8. The fourth-order valence-corrected chi connectivity index (χ4v) is 5.19. The number of hydrogen-bond donors (Lipinski definition) is 1. The van der Waals surface area contributed by atoms with Crippen molar-refractivity contribution in [3.63, 3.8) is 0 Å². The van der Waals surface area contributed by atoms with Crippen LogP contribution in [0.4, 0.5) is 11.5 Å². The zero-order chi connectivity index (χ0) is 23.2. The molecule has 174 valence electrons. The second kappa shape index (κ2) is 10.8. The number of fused-ring (bicyclic) bond motifs is 1. The molecule has 1 N–H and O–H groups in total. The molecule has 0 amide bonds. The highest BCUT2D eigenvalue weighted by Crippen LogP contribution is 2.26. The van der Waals surface area contributed by atoms with Crippen molar-refractivity contribution in [1.82, 2.24) is 14.9 Å². The molecule has 0 radical (unpaired) electrons. The van der Waals surface area contributed by atoms with E-state index in [0.717, 1.165) is 71.3 Å². The number of benzene rings is 3. The average molecular weight is 473 g/mol. The van der Waals surface area contributed by atoms with E-state index in [4.69, 9.17) is 4.74 Å². The first-order chi connectivity index (χ1) is 16.7. The molecule has 2 heterocycles. The summed E-state index contributed by atoms with van der Waals surface area (Å²) in [7, 11) is -0.636. The SMILES string of the molecule is O=S1CCN(CCc2ccc3ncnc(Nc4ccc(OCc5ccccc5)cc4)c3c2)CC1. The molecule has 0 saturated carbocycles. The van der Waals surface area contributed by atoms with Gasteiger partial charge in [0.2, 0.25) is 0 Å². The molecule has 3 aromatic carbocycles. The third-order valence-electron chi connectivity index (χ3n) is 6.05. The minimum Gasteiger partial charge on any atom is -0.489 e. The predicted molar refractivity (Wildman–Crippen MR) is 138 cm³/mol. The molecule has 5 rings (SSSR count). The number of aromatic nitrogens is 2. The Morgan fingerprint density at radius 3 is 2.50 bits per heavy atom. The van der Waals surface area contributed by atoms with E-state index in [1.54, 1.807) is 6.33 Å². The molecule has 0 atom stereocenters. The summed E-state index contributed by atoms with van der Waals surface area (Å²) < 4.78 is 17.5. The summed E-state index contributed by atoms with van der Waals surface area (Å²) in [5, 5.41) is 4.44. The molecule has 1 aliphatic heterocycles. The number of nitrogens with zero attached hydrogens (tertiary/aromatic N) is 3. The van der Waals surface area contributed by atoms with Crippen LogP contribution in [0, 0.1) is 0 Å². The molecular weight excluding hydrogens is 444 g/mol. The Morgan fingerprint density at radius 1 is 0.912 bits per heavy atom. The first-order valence-electron chi connectivity index (χ1n) is 11.6. The zero-order valence-electron chi connectivity index (χ0n) is 19.0. The summed E-state index contributed by atoms with van der Waals surface area (Å²) in [6.45, 7) is 3.36. The van der Waals surface area contributed by atoms with Crippen LogP contribution >= 0.6 is 0 Å². The van der Waals surface area contributed by atoms with Crippen LogP contribution in [0.15, 0.2) is 79.1 Å². The normalized spacial score (nSPS) is 14.8. The first kappa shape index (κ1) is 22.5. The minimum atomic E-state index is -0.636. The number of ether oxygens (including phenoxy) is 1. The van der Waals surface area contributed by atoms with Gasteiger partial charge < -0.3 is 15.0 Å². The van der Waals surface area contributed by atoms with Gasteiger partial charge in [-0.2, -0.15) is 0 Å². The van der Waals surface area contributed by atoms with Gasteiger partial charge in [-0.3, -0.25) is 4.21 Å². The van der Waals surface area contributed by atoms with Crippen molar-refractivity contribution in [2.24, 2.45) is 0 Å². The number of rotatable bonds is 8. The molecule has 0 aliphatic carbocycles. The summed E-state index contributed by atoms with van der Waals surface area (Å²) in [6.07, 6.45) is 2.54. The predicted octanol–water partition coefficient (Wildman–Crippen LogP) is 4.56. The maximum absolute atomic E-state index is 11.6. The standard InChI is InChI=1S/C27H28N4O2S/c32-34-16-14-31(15-17-34)13-12-21-6-11-26-25(18-21)27(29-20-28-26)30-23-7-9-24(10-8-23)33-19-22-4-2-1-3-5-22/h1-11,18,20H,12-17,19H2,(H,28,29,30). The number of nitrogens with one attached hydrogen (secondary N) is 1. The Morgan fingerprint density at radius 2 is 1.71 bits per heavy atom. The summed E-state index contributed by atoms with van der Waals surface area (Å²) >= 11 is 0. The molecule has 4 aromatic rings. The van der Waals surface area contributed by atoms with Gasteiger partial charge in [0.05, 0.1) is 5.52 Å². The molecule has 34 heavy (non-hydrogen) atoms. The summed E-state index contributed by atoms with van der Waals surface area (Å²) in [5.41, 5.74) is 4.25. The van der Waals surface area contributed by atoms with Gasteiger partial charge in [-0.05, 0) is 53.9 Å². The van der Waals surface area contributed by atoms with Gasteiger partial charge in [0.15, 0.2) is 0 Å². The number of hydrogen-bond acceptors (Lipinski definition) is 6. The largest absolute Gasteiger partial charge is 0.489 e. The molecule has 7 heteroatoms. The fraction of sp³-hybridized carbons (Fsp3) is 0.259. The molecule has 1 aliphatic rings. The van der Waals surface area contributed by atoms with E-state index in [2.05, 4.69) is 50.5 Å². The van der Waals surface area contributed by atoms with E-state index in [9.17, 15) is 4.21 Å². The third kappa shape index (κ3) is 5.79. The second-order valence-electron chi connectivity index (χ2n) is 8.44. The van der Waals surface area contributed by atoms with Crippen LogP contribution in [0.25, 0.3) is 10.9 Å². The molecule has 0 spiro atoms. The van der Waals surface area contributed by atoms with Crippen LogP contribution in [0.5, 0.6) is 5.75 Å². The molecular formula is C27H28N4O2S. The molecule has 0 bridgehead atoms. The molecule has 1 aromatic heterocycles. The first-order valence-corrected chi connectivity index (χ1v) is 13.1. The van der Waals surface area contributed by atoms with E-state index in [0.29, 0.717) is 6.61 Å². The maximum Gasteiger partial charge on any atom is 0.141 e. The van der Waals surface area contributed by atoms with Crippen molar-refractivity contribution in [3.05, 3.63) is 90.3 Å². The van der Waals surface area contributed by atoms with Gasteiger partial charge in [0.25, 0.3) is 0 Å². The van der Waals surface area contributed by atoms with Gasteiger partial charge in [-0.1, -0.05) is 36.4 Å². The van der Waals surface area contributed by atoms with Crippen LogP contribution in [-0.2, 0) is 23.8 Å². The topological polar surface area (TPSA) is 67.4 Å². The molecule has 0 unspecified atom stereocenters. The average Bonchev–Trinajstić information content (AvgIpc) is 2.89. The quantitative estimate of drug-likeness (QED) is 0.406. The van der Waals surface area contributed by atoms with Crippen LogP contribution in [-0.4, -0.2) is 50.2 Å². The van der Waals surface area contributed by atoms with E-state index in [-0.39, 0.29) is 0 Å². The van der Waals surface area contributed by atoms with Crippen LogP contribution in [0.3, 0.4) is 0 Å². The van der Waals surface area contributed by atoms with E-state index >= 15 is 0 Å². The summed E-state index contributed by atoms with van der Waals surface area (Å²) in [4.78, 5) is 11.3. The Balaban J connectivity index is 1.24. The Kier molecular flexibility index (Phi) is 7.12. The molecule has 1 saturated heterocycles. The van der Waals surface area contributed by atoms with Gasteiger partial charge in [0.1, 0.15) is 24.5 Å². The Bertz CT molecular complexity index is 1250. The van der Waals surface area contributed by atoms with Crippen molar-refractivity contribution in [1.29, 1.82) is 0 Å². The highest BCUT2D eigenvalue weighted by molar-refractivity contribution is 7.85. The summed E-state index contributed by atoms with van der Waals surface area (Å²) in [6, 6.07) is 24.4. The highest BCUT2D eigenvalue weighted by atomic mass is 32.2. The van der Waals surface area contributed by atoms with E-state index in [1.807, 2.05) is 42.5 Å². The lowest BCUT2D eigenvalue weighted by Gasteiger charge is -2.26. The van der Waals surface area contributed by atoms with Gasteiger partial charge >= 0.3 is 0 Å². The molecule has 1 fully saturated rings. The van der Waals surface area contributed by atoms with Gasteiger partial charge in [-0.15, -0.1) is 0 Å². The second-order valence-corrected chi connectivity index (χ2v) is 10.1. The van der Waals surface area contributed by atoms with Crippen LogP contribution in [0.1, 0.15) is 11.1 Å². The monoisotopic (exact) mass is 472 g/mol. The lowest BCUT2D eigenvalue weighted by Crippen LogP contribution is -2.38. The van der Waals surface area contributed by atoms with Crippen LogP contribution < -0.4 is 10.1 Å². The maximum atomic E-state index is 11.6. The van der Waals surface area contributed by atoms with Crippen molar-refractivity contribution < 1.29 is 8.95 Å².